The molecule has 0 atom stereocenters. The molecule has 214 valence electrons. The molecule has 2 aliphatic rings. The van der Waals surface area contributed by atoms with Crippen molar-refractivity contribution in [1.29, 1.82) is 0 Å². The quantitative estimate of drug-likeness (QED) is 0.167. The van der Waals surface area contributed by atoms with Gasteiger partial charge in [-0.25, -0.2) is 0 Å². The second-order valence-electron chi connectivity index (χ2n) is 9.43. The molecular weight excluding hydrogens is 583 g/mol. The number of anilines is 3. The van der Waals surface area contributed by atoms with Gasteiger partial charge in [0.05, 0.1) is 29.4 Å². The Hall–Kier alpha value is -4.80. The average Bonchev–Trinajstić information content (AvgIpc) is 2.98. The monoisotopic (exact) mass is 606 g/mol. The molecule has 12 heteroatoms. The normalized spacial score (nSPS) is 13.7. The number of nitro benzene ring substituents is 1. The number of nitrogens with zero attached hydrogens (tertiary/aromatic N) is 3. The first-order chi connectivity index (χ1) is 20.2. The van der Waals surface area contributed by atoms with Crippen LogP contribution in [0.5, 0.6) is 11.5 Å². The lowest BCUT2D eigenvalue weighted by Crippen LogP contribution is -2.38. The van der Waals surface area contributed by atoms with Crippen molar-refractivity contribution in [1.82, 2.24) is 0 Å². The van der Waals surface area contributed by atoms with E-state index in [2.05, 4.69) is 0 Å². The lowest BCUT2D eigenvalue weighted by molar-refractivity contribution is -0.384. The minimum absolute atomic E-state index is 0.0461. The number of carbonyl (C=O) groups is 2. The minimum atomic E-state index is -0.500. The molecular formula is C30H24Cl2N4O6. The molecule has 2 amide bonds. The number of rotatable bonds is 5. The van der Waals surface area contributed by atoms with Gasteiger partial charge in [-0.05, 0) is 59.7 Å². The van der Waals surface area contributed by atoms with Gasteiger partial charge in [0.25, 0.3) is 17.5 Å². The Morgan fingerprint density at radius 3 is 1.64 bits per heavy atom. The second-order valence-corrected chi connectivity index (χ2v) is 10.3. The van der Waals surface area contributed by atoms with Crippen LogP contribution < -0.4 is 25.0 Å². The highest BCUT2D eigenvalue weighted by molar-refractivity contribution is 6.30. The number of amides is 2. The van der Waals surface area contributed by atoms with Gasteiger partial charge in [-0.3, -0.25) is 19.7 Å². The number of non-ortho nitro benzene ring substituents is 1. The van der Waals surface area contributed by atoms with Gasteiger partial charge in [-0.2, -0.15) is 0 Å². The van der Waals surface area contributed by atoms with E-state index in [0.717, 1.165) is 11.1 Å². The fraction of sp³-hybridized carbons (Fsp3) is 0.133. The van der Waals surface area contributed by atoms with Gasteiger partial charge in [-0.1, -0.05) is 47.5 Å². The molecule has 6 rings (SSSR count). The van der Waals surface area contributed by atoms with Gasteiger partial charge in [-0.15, -0.1) is 0 Å². The van der Waals surface area contributed by atoms with Crippen LogP contribution in [0.2, 0.25) is 10.0 Å². The van der Waals surface area contributed by atoms with Crippen LogP contribution in [0.1, 0.15) is 11.1 Å². The molecule has 2 N–H and O–H groups in total. The average molecular weight is 607 g/mol. The molecule has 0 spiro atoms. The van der Waals surface area contributed by atoms with E-state index in [0.29, 0.717) is 51.7 Å². The van der Waals surface area contributed by atoms with Crippen molar-refractivity contribution in [2.24, 2.45) is 0 Å². The third kappa shape index (κ3) is 6.56. The first kappa shape index (κ1) is 28.7. The number of benzene rings is 4. The van der Waals surface area contributed by atoms with Crippen molar-refractivity contribution >= 4 is 57.8 Å². The Balaban J connectivity index is 0.000000169. The van der Waals surface area contributed by atoms with E-state index in [4.69, 9.17) is 38.4 Å². The third-order valence-electron chi connectivity index (χ3n) is 6.53. The summed E-state index contributed by atoms with van der Waals surface area (Å²) in [5, 5.41) is 12.2. The van der Waals surface area contributed by atoms with Crippen LogP contribution in [-0.4, -0.2) is 30.0 Å². The SMILES string of the molecule is Nc1ccc2c(c1)N(Cc1ccc(Cl)cc1)C(=O)CO2.O=C1COc2ccc([N+](=O)[O-])cc2N1Cc1ccc(Cl)cc1. The molecule has 0 unspecified atom stereocenters. The number of ether oxygens (including phenoxy) is 2. The van der Waals surface area contributed by atoms with Crippen molar-refractivity contribution in [2.45, 2.75) is 13.1 Å². The van der Waals surface area contributed by atoms with Crippen molar-refractivity contribution < 1.29 is 24.0 Å². The first-order valence-electron chi connectivity index (χ1n) is 12.7. The maximum atomic E-state index is 12.1. The van der Waals surface area contributed by atoms with E-state index in [-0.39, 0.29) is 30.7 Å². The predicted molar refractivity (Wildman–Crippen MR) is 160 cm³/mol. The van der Waals surface area contributed by atoms with E-state index >= 15 is 0 Å². The smallest absolute Gasteiger partial charge is 0.271 e. The van der Waals surface area contributed by atoms with Crippen LogP contribution in [0.4, 0.5) is 22.7 Å². The summed E-state index contributed by atoms with van der Waals surface area (Å²) in [4.78, 5) is 37.8. The molecule has 42 heavy (non-hydrogen) atoms. The summed E-state index contributed by atoms with van der Waals surface area (Å²) in [5.41, 5.74) is 9.29. The molecule has 0 aliphatic carbocycles. The number of carbonyl (C=O) groups excluding carboxylic acids is 2. The van der Waals surface area contributed by atoms with E-state index < -0.39 is 4.92 Å². The number of nitrogen functional groups attached to an aromatic ring is 1. The molecule has 0 bridgehead atoms. The zero-order valence-corrected chi connectivity index (χ0v) is 23.5. The zero-order chi connectivity index (χ0) is 29.8. The highest BCUT2D eigenvalue weighted by Gasteiger charge is 2.28. The molecule has 2 aliphatic heterocycles. The fourth-order valence-corrected chi connectivity index (χ4v) is 4.67. The number of nitrogens with two attached hydrogens (primary N) is 1. The molecule has 0 aromatic heterocycles. The molecule has 4 aromatic carbocycles. The Morgan fingerprint density at radius 1 is 0.714 bits per heavy atom. The second kappa shape index (κ2) is 12.4. The molecule has 10 nitrogen and oxygen atoms in total. The third-order valence-corrected chi connectivity index (χ3v) is 7.03. The Morgan fingerprint density at radius 2 is 1.17 bits per heavy atom. The van der Waals surface area contributed by atoms with E-state index in [1.54, 1.807) is 35.2 Å². The van der Waals surface area contributed by atoms with Gasteiger partial charge in [0.2, 0.25) is 0 Å². The highest BCUT2D eigenvalue weighted by atomic mass is 35.5. The lowest BCUT2D eigenvalue weighted by Gasteiger charge is -2.29. The van der Waals surface area contributed by atoms with Crippen LogP contribution in [0.15, 0.2) is 84.9 Å². The van der Waals surface area contributed by atoms with Crippen LogP contribution in [0.3, 0.4) is 0 Å². The van der Waals surface area contributed by atoms with E-state index in [1.807, 2.05) is 36.4 Å². The molecule has 4 aromatic rings. The summed E-state index contributed by atoms with van der Waals surface area (Å²) in [6.07, 6.45) is 0. The number of fused-ring (bicyclic) bond motifs is 2. The number of hydrogen-bond acceptors (Lipinski definition) is 7. The van der Waals surface area contributed by atoms with Crippen molar-refractivity contribution in [3.63, 3.8) is 0 Å². The van der Waals surface area contributed by atoms with Crippen molar-refractivity contribution in [3.8, 4) is 11.5 Å². The maximum Gasteiger partial charge on any atom is 0.271 e. The summed E-state index contributed by atoms with van der Waals surface area (Å²) < 4.78 is 10.7. The maximum absolute atomic E-state index is 12.1. The van der Waals surface area contributed by atoms with Crippen LogP contribution in [0, 0.1) is 10.1 Å². The first-order valence-corrected chi connectivity index (χ1v) is 13.5. The number of nitro groups is 1. The summed E-state index contributed by atoms with van der Waals surface area (Å²) in [6, 6.07) is 24.0. The summed E-state index contributed by atoms with van der Waals surface area (Å²) >= 11 is 11.7. The van der Waals surface area contributed by atoms with Gasteiger partial charge in [0.15, 0.2) is 13.2 Å². The van der Waals surface area contributed by atoms with Crippen LogP contribution in [0.25, 0.3) is 0 Å². The molecule has 0 saturated carbocycles. The van der Waals surface area contributed by atoms with Crippen LogP contribution in [-0.2, 0) is 22.7 Å². The van der Waals surface area contributed by atoms with E-state index in [9.17, 15) is 19.7 Å². The summed E-state index contributed by atoms with van der Waals surface area (Å²) in [7, 11) is 0. The zero-order valence-electron chi connectivity index (χ0n) is 22.0. The van der Waals surface area contributed by atoms with Crippen molar-refractivity contribution in [3.05, 3.63) is 116 Å². The molecule has 2 heterocycles. The minimum Gasteiger partial charge on any atom is -0.482 e. The Kier molecular flexibility index (Phi) is 8.46. The number of halogens is 2. The standard InChI is InChI=1S/C15H11ClN2O4.C15H13ClN2O2/c16-11-3-1-10(2-4-11)8-17-13-7-12(18(20)21)5-6-14(13)22-9-15(17)19;16-11-3-1-10(2-4-11)8-18-13-7-12(17)5-6-14(13)20-9-15(18)19/h1-7H,8-9H2;1-7H,8-9,17H2. The van der Waals surface area contributed by atoms with Crippen LogP contribution >= 0.6 is 23.2 Å². The fourth-order valence-electron chi connectivity index (χ4n) is 4.41. The Bertz CT molecular complexity index is 1650. The molecule has 0 radical (unpaired) electrons. The van der Waals surface area contributed by atoms with Gasteiger partial charge >= 0.3 is 0 Å². The Labute approximate surface area is 250 Å². The van der Waals surface area contributed by atoms with Gasteiger partial charge < -0.3 is 25.0 Å². The predicted octanol–water partition coefficient (Wildman–Crippen LogP) is 6.02. The topological polar surface area (TPSA) is 128 Å². The van der Waals surface area contributed by atoms with Crippen molar-refractivity contribution in [2.75, 3.05) is 28.7 Å². The lowest BCUT2D eigenvalue weighted by atomic mass is 10.1. The molecule has 0 saturated heterocycles. The largest absolute Gasteiger partial charge is 0.482 e. The van der Waals surface area contributed by atoms with Gasteiger partial charge in [0, 0.05) is 27.9 Å². The highest BCUT2D eigenvalue weighted by Crippen LogP contribution is 2.37. The molecule has 0 fully saturated rings. The van der Waals surface area contributed by atoms with Gasteiger partial charge in [0.1, 0.15) is 11.5 Å². The number of hydrogen-bond donors (Lipinski definition) is 1. The summed E-state index contributed by atoms with van der Waals surface area (Å²) in [6.45, 7) is 0.728. The van der Waals surface area contributed by atoms with E-state index in [1.165, 1.54) is 23.1 Å². The summed E-state index contributed by atoms with van der Waals surface area (Å²) in [5.74, 6) is 0.799.